The molecular weight excluding hydrogens is 290 g/mol. The molecule has 120 valence electrons. The van der Waals surface area contributed by atoms with Crippen molar-refractivity contribution in [2.24, 2.45) is 13.0 Å². The Kier molecular flexibility index (Phi) is 4.46. The lowest BCUT2D eigenvalue weighted by Crippen LogP contribution is -2.44. The van der Waals surface area contributed by atoms with Crippen molar-refractivity contribution < 1.29 is 9.59 Å². The van der Waals surface area contributed by atoms with Crippen molar-refractivity contribution >= 4 is 17.5 Å². The van der Waals surface area contributed by atoms with E-state index in [9.17, 15) is 9.59 Å². The van der Waals surface area contributed by atoms with E-state index in [1.807, 2.05) is 60.3 Å². The predicted octanol–water partition coefficient (Wildman–Crippen LogP) is 2.52. The molecule has 1 saturated heterocycles. The van der Waals surface area contributed by atoms with Gasteiger partial charge in [0.05, 0.1) is 5.92 Å². The Hall–Kier alpha value is -2.56. The fraction of sp³-hybridized carbons (Fsp3) is 0.333. The first-order valence-corrected chi connectivity index (χ1v) is 7.91. The number of carbonyl (C=O) groups is 2. The van der Waals surface area contributed by atoms with Crippen LogP contribution in [0.25, 0.3) is 0 Å². The highest BCUT2D eigenvalue weighted by Gasteiger charge is 2.29. The van der Waals surface area contributed by atoms with E-state index >= 15 is 0 Å². The number of amides is 2. The van der Waals surface area contributed by atoms with Crippen LogP contribution in [0.2, 0.25) is 0 Å². The molecule has 5 nitrogen and oxygen atoms in total. The van der Waals surface area contributed by atoms with Crippen LogP contribution in [0.5, 0.6) is 0 Å². The molecule has 0 spiro atoms. The first-order chi connectivity index (χ1) is 11.1. The summed E-state index contributed by atoms with van der Waals surface area (Å²) >= 11 is 0. The highest BCUT2D eigenvalue weighted by Crippen LogP contribution is 2.20. The van der Waals surface area contributed by atoms with Crippen molar-refractivity contribution in [3.63, 3.8) is 0 Å². The number of aromatic nitrogens is 1. The lowest BCUT2D eigenvalue weighted by molar-refractivity contribution is -0.121. The monoisotopic (exact) mass is 311 g/mol. The van der Waals surface area contributed by atoms with Gasteiger partial charge in [-0.05, 0) is 37.1 Å². The van der Waals surface area contributed by atoms with Crippen molar-refractivity contribution in [3.8, 4) is 0 Å². The first-order valence-electron chi connectivity index (χ1n) is 7.91. The van der Waals surface area contributed by atoms with Gasteiger partial charge in [0.15, 0.2) is 0 Å². The maximum absolute atomic E-state index is 12.6. The van der Waals surface area contributed by atoms with Gasteiger partial charge in [-0.1, -0.05) is 18.2 Å². The molecule has 1 aliphatic rings. The van der Waals surface area contributed by atoms with Crippen LogP contribution in [-0.4, -0.2) is 34.4 Å². The van der Waals surface area contributed by atoms with E-state index in [-0.39, 0.29) is 17.7 Å². The lowest BCUT2D eigenvalue weighted by Gasteiger charge is -2.32. The van der Waals surface area contributed by atoms with E-state index in [4.69, 9.17) is 0 Å². The van der Waals surface area contributed by atoms with Gasteiger partial charge >= 0.3 is 0 Å². The van der Waals surface area contributed by atoms with Crippen LogP contribution in [-0.2, 0) is 11.8 Å². The fourth-order valence-electron chi connectivity index (χ4n) is 2.99. The molecule has 2 amide bonds. The van der Waals surface area contributed by atoms with Gasteiger partial charge in [0, 0.05) is 32.0 Å². The highest BCUT2D eigenvalue weighted by molar-refractivity contribution is 5.95. The third kappa shape index (κ3) is 3.44. The summed E-state index contributed by atoms with van der Waals surface area (Å²) in [5, 5.41) is 2.94. The number of hydrogen-bond acceptors (Lipinski definition) is 2. The number of piperidine rings is 1. The molecule has 1 fully saturated rings. The SMILES string of the molecule is Cn1cccc1C(=O)N1CCCC(C(=O)Nc2ccccc2)C1. The largest absolute Gasteiger partial charge is 0.347 e. The summed E-state index contributed by atoms with van der Waals surface area (Å²) in [5.41, 5.74) is 1.46. The Bertz CT molecular complexity index is 693. The number of hydrogen-bond donors (Lipinski definition) is 1. The average Bonchev–Trinajstić information content (AvgIpc) is 3.01. The molecule has 0 aliphatic carbocycles. The normalized spacial score (nSPS) is 17.8. The van der Waals surface area contributed by atoms with Gasteiger partial charge in [-0.15, -0.1) is 0 Å². The summed E-state index contributed by atoms with van der Waals surface area (Å²) in [6.45, 7) is 1.18. The minimum absolute atomic E-state index is 0.00490. The second-order valence-corrected chi connectivity index (χ2v) is 5.95. The van der Waals surface area contributed by atoms with Crippen LogP contribution in [0.1, 0.15) is 23.3 Å². The summed E-state index contributed by atoms with van der Waals surface area (Å²) in [5.74, 6) is -0.177. The van der Waals surface area contributed by atoms with Crippen molar-refractivity contribution in [2.45, 2.75) is 12.8 Å². The molecule has 1 aromatic heterocycles. The zero-order chi connectivity index (χ0) is 16.2. The van der Waals surface area contributed by atoms with Crippen LogP contribution < -0.4 is 5.32 Å². The number of aryl methyl sites for hydroxylation is 1. The quantitative estimate of drug-likeness (QED) is 0.947. The zero-order valence-electron chi connectivity index (χ0n) is 13.2. The van der Waals surface area contributed by atoms with Gasteiger partial charge < -0.3 is 14.8 Å². The molecule has 0 bridgehead atoms. The van der Waals surface area contributed by atoms with E-state index in [0.29, 0.717) is 18.8 Å². The number of para-hydroxylation sites is 1. The van der Waals surface area contributed by atoms with Crippen molar-refractivity contribution in [2.75, 3.05) is 18.4 Å². The molecule has 0 radical (unpaired) electrons. The number of anilines is 1. The molecule has 5 heteroatoms. The van der Waals surface area contributed by atoms with Gasteiger partial charge in [-0.3, -0.25) is 9.59 Å². The highest BCUT2D eigenvalue weighted by atomic mass is 16.2. The van der Waals surface area contributed by atoms with Crippen LogP contribution in [0.15, 0.2) is 48.7 Å². The summed E-state index contributed by atoms with van der Waals surface area (Å²) < 4.78 is 1.82. The summed E-state index contributed by atoms with van der Waals surface area (Å²) in [6.07, 6.45) is 3.52. The van der Waals surface area contributed by atoms with Gasteiger partial charge in [-0.25, -0.2) is 0 Å². The second kappa shape index (κ2) is 6.69. The third-order valence-corrected chi connectivity index (χ3v) is 4.28. The zero-order valence-corrected chi connectivity index (χ0v) is 13.2. The van der Waals surface area contributed by atoms with Gasteiger partial charge in [0.1, 0.15) is 5.69 Å². The Morgan fingerprint density at radius 1 is 1.13 bits per heavy atom. The maximum Gasteiger partial charge on any atom is 0.270 e. The lowest BCUT2D eigenvalue weighted by atomic mass is 9.96. The number of nitrogens with one attached hydrogen (secondary N) is 1. The Labute approximate surface area is 135 Å². The molecule has 1 atom stereocenters. The minimum atomic E-state index is -0.159. The molecule has 2 aromatic rings. The minimum Gasteiger partial charge on any atom is -0.347 e. The summed E-state index contributed by atoms with van der Waals surface area (Å²) in [7, 11) is 1.86. The van der Waals surface area contributed by atoms with Crippen LogP contribution >= 0.6 is 0 Å². The maximum atomic E-state index is 12.6. The molecule has 1 unspecified atom stereocenters. The molecular formula is C18H21N3O2. The number of rotatable bonds is 3. The predicted molar refractivity (Wildman–Crippen MR) is 89.1 cm³/mol. The van der Waals surface area contributed by atoms with Crippen molar-refractivity contribution in [1.82, 2.24) is 9.47 Å². The number of nitrogens with zero attached hydrogens (tertiary/aromatic N) is 2. The van der Waals surface area contributed by atoms with Crippen molar-refractivity contribution in [1.29, 1.82) is 0 Å². The number of likely N-dealkylation sites (tertiary alicyclic amines) is 1. The van der Waals surface area contributed by atoms with Crippen LogP contribution in [0.4, 0.5) is 5.69 Å². The second-order valence-electron chi connectivity index (χ2n) is 5.95. The molecule has 3 rings (SSSR count). The van der Waals surface area contributed by atoms with E-state index in [0.717, 1.165) is 18.5 Å². The third-order valence-electron chi connectivity index (χ3n) is 4.28. The molecule has 1 aliphatic heterocycles. The topological polar surface area (TPSA) is 54.3 Å². The molecule has 1 aromatic carbocycles. The van der Waals surface area contributed by atoms with E-state index < -0.39 is 0 Å². The van der Waals surface area contributed by atoms with Crippen LogP contribution in [0.3, 0.4) is 0 Å². The summed E-state index contributed by atoms with van der Waals surface area (Å²) in [6, 6.07) is 13.1. The molecule has 0 saturated carbocycles. The van der Waals surface area contributed by atoms with Crippen LogP contribution in [0, 0.1) is 5.92 Å². The number of carbonyl (C=O) groups excluding carboxylic acids is 2. The fourth-order valence-corrected chi connectivity index (χ4v) is 2.99. The van der Waals surface area contributed by atoms with E-state index in [2.05, 4.69) is 5.32 Å². The Morgan fingerprint density at radius 3 is 2.61 bits per heavy atom. The number of benzene rings is 1. The molecule has 1 N–H and O–H groups in total. The van der Waals surface area contributed by atoms with Gasteiger partial charge in [-0.2, -0.15) is 0 Å². The molecule has 2 heterocycles. The van der Waals surface area contributed by atoms with Gasteiger partial charge in [0.2, 0.25) is 5.91 Å². The summed E-state index contributed by atoms with van der Waals surface area (Å²) in [4.78, 5) is 26.8. The van der Waals surface area contributed by atoms with E-state index in [1.165, 1.54) is 0 Å². The van der Waals surface area contributed by atoms with Crippen molar-refractivity contribution in [3.05, 3.63) is 54.4 Å². The molecule has 23 heavy (non-hydrogen) atoms. The average molecular weight is 311 g/mol. The van der Waals surface area contributed by atoms with E-state index in [1.54, 1.807) is 4.90 Å². The Balaban J connectivity index is 1.65. The smallest absolute Gasteiger partial charge is 0.270 e. The standard InChI is InChI=1S/C18H21N3O2/c1-20-11-6-10-16(20)18(23)21-12-5-7-14(13-21)17(22)19-15-8-3-2-4-9-15/h2-4,6,8-11,14H,5,7,12-13H2,1H3,(H,19,22). The van der Waals surface area contributed by atoms with Gasteiger partial charge in [0.25, 0.3) is 5.91 Å². The first kappa shape index (κ1) is 15.3. The Morgan fingerprint density at radius 2 is 1.91 bits per heavy atom.